The Labute approximate surface area is 312 Å². The number of hydrogen-bond acceptors (Lipinski definition) is 5. The number of aromatic nitrogens is 2. The third-order valence-electron chi connectivity index (χ3n) is 11.0. The summed E-state index contributed by atoms with van der Waals surface area (Å²) in [4.78, 5) is 29.8. The Kier molecular flexibility index (Phi) is 8.71. The van der Waals surface area contributed by atoms with Gasteiger partial charge in [-0.15, -0.1) is 6.58 Å². The van der Waals surface area contributed by atoms with Crippen LogP contribution in [-0.2, 0) is 32.5 Å². The molecule has 1 aliphatic carbocycles. The lowest BCUT2D eigenvalue weighted by Gasteiger charge is -2.24. The molecule has 266 valence electrons. The number of halogens is 1. The summed E-state index contributed by atoms with van der Waals surface area (Å²) < 4.78 is 31.2. The van der Waals surface area contributed by atoms with Crippen molar-refractivity contribution in [3.63, 3.8) is 0 Å². The minimum Gasteiger partial charge on any atom is -0.481 e. The minimum atomic E-state index is -4.39. The summed E-state index contributed by atoms with van der Waals surface area (Å²) in [5.74, 6) is -1.90. The molecule has 0 fully saturated rings. The summed E-state index contributed by atoms with van der Waals surface area (Å²) in [7, 11) is -4.39. The molecule has 0 amide bonds. The van der Waals surface area contributed by atoms with Crippen molar-refractivity contribution in [1.29, 1.82) is 0 Å². The number of carboxylic acids is 1. The second kappa shape index (κ2) is 13.3. The third kappa shape index (κ3) is 5.72. The minimum absolute atomic E-state index is 0.0648. The Morgan fingerprint density at radius 3 is 2.42 bits per heavy atom. The Morgan fingerprint density at radius 1 is 0.925 bits per heavy atom. The van der Waals surface area contributed by atoms with Crippen molar-refractivity contribution >= 4 is 76.6 Å². The van der Waals surface area contributed by atoms with Gasteiger partial charge in [-0.25, -0.2) is 12.4 Å². The van der Waals surface area contributed by atoms with Crippen molar-refractivity contribution in [2.24, 2.45) is 5.92 Å². The number of Topliss-reactive ketones (excluding diaryl/α,β-unsaturated/α-hetero) is 1. The topological polar surface area (TPSA) is 106 Å². The van der Waals surface area contributed by atoms with Crippen LogP contribution in [-0.4, -0.2) is 34.2 Å². The van der Waals surface area contributed by atoms with Crippen LogP contribution in [0.5, 0.6) is 0 Å². The SMILES string of the molecule is C=CC(c1nc(-c2cccc3c2ccc2c4c(ccc23)CC(C(C)=O)CC4)cc2ccccc12)S(=O)(=O)n1c(C(CC)C(=O)O)cc2cc(Cl)ccc21. The fourth-order valence-corrected chi connectivity index (χ4v) is 10.3. The van der Waals surface area contributed by atoms with Gasteiger partial charge in [0.15, 0.2) is 0 Å². The predicted octanol–water partition coefficient (Wildman–Crippen LogP) is 10.2. The molecule has 2 aromatic heterocycles. The summed E-state index contributed by atoms with van der Waals surface area (Å²) in [6, 6.07) is 30.7. The van der Waals surface area contributed by atoms with Crippen LogP contribution in [0.1, 0.15) is 60.4 Å². The molecular formula is C44H37ClN2O5S. The van der Waals surface area contributed by atoms with Crippen LogP contribution in [0.4, 0.5) is 0 Å². The molecule has 0 radical (unpaired) electrons. The molecule has 53 heavy (non-hydrogen) atoms. The van der Waals surface area contributed by atoms with Gasteiger partial charge in [0, 0.05) is 33.0 Å². The van der Waals surface area contributed by atoms with E-state index in [1.54, 1.807) is 38.1 Å². The largest absolute Gasteiger partial charge is 0.481 e. The second-order valence-electron chi connectivity index (χ2n) is 14.0. The van der Waals surface area contributed by atoms with Crippen molar-refractivity contribution < 1.29 is 23.1 Å². The van der Waals surface area contributed by atoms with Gasteiger partial charge in [-0.1, -0.05) is 91.3 Å². The molecule has 7 aromatic rings. The summed E-state index contributed by atoms with van der Waals surface area (Å²) in [5, 5.41) is 15.6. The number of rotatable bonds is 9. The van der Waals surface area contributed by atoms with Crippen LogP contribution < -0.4 is 0 Å². The number of pyridine rings is 1. The molecule has 0 aliphatic heterocycles. The molecule has 0 saturated carbocycles. The van der Waals surface area contributed by atoms with E-state index < -0.39 is 27.2 Å². The molecule has 8 rings (SSSR count). The first kappa shape index (κ1) is 34.8. The average Bonchev–Trinajstić information content (AvgIpc) is 3.53. The van der Waals surface area contributed by atoms with E-state index in [1.807, 2.05) is 42.5 Å². The smallest absolute Gasteiger partial charge is 0.312 e. The highest BCUT2D eigenvalue weighted by Crippen LogP contribution is 2.41. The van der Waals surface area contributed by atoms with E-state index in [1.165, 1.54) is 22.6 Å². The maximum absolute atomic E-state index is 15.0. The number of benzene rings is 5. The van der Waals surface area contributed by atoms with Crippen molar-refractivity contribution in [3.8, 4) is 11.3 Å². The van der Waals surface area contributed by atoms with E-state index in [4.69, 9.17) is 16.6 Å². The van der Waals surface area contributed by atoms with Crippen molar-refractivity contribution in [1.82, 2.24) is 8.96 Å². The van der Waals surface area contributed by atoms with E-state index in [0.717, 1.165) is 50.3 Å². The Morgan fingerprint density at radius 2 is 1.66 bits per heavy atom. The number of carboxylic acid groups (broad SMARTS) is 1. The van der Waals surface area contributed by atoms with Crippen LogP contribution in [0, 0.1) is 5.92 Å². The highest BCUT2D eigenvalue weighted by atomic mass is 35.5. The van der Waals surface area contributed by atoms with Gasteiger partial charge in [-0.05, 0) is 101 Å². The van der Waals surface area contributed by atoms with Crippen molar-refractivity contribution in [2.75, 3.05) is 0 Å². The lowest BCUT2D eigenvalue weighted by molar-refractivity contribution is -0.139. The van der Waals surface area contributed by atoms with Crippen LogP contribution in [0.2, 0.25) is 5.02 Å². The van der Waals surface area contributed by atoms with Crippen LogP contribution in [0.15, 0.2) is 110 Å². The van der Waals surface area contributed by atoms with Crippen LogP contribution >= 0.6 is 11.6 Å². The Balaban J connectivity index is 1.32. The van der Waals surface area contributed by atoms with Gasteiger partial charge < -0.3 is 5.11 Å². The number of aryl methyl sites for hydroxylation is 1. The molecule has 3 atom stereocenters. The molecule has 2 heterocycles. The molecule has 3 unspecified atom stereocenters. The van der Waals surface area contributed by atoms with E-state index in [0.29, 0.717) is 32.7 Å². The first-order valence-corrected chi connectivity index (χ1v) is 19.7. The molecular weight excluding hydrogens is 704 g/mol. The Hall–Kier alpha value is -5.31. The van der Waals surface area contributed by atoms with Gasteiger partial charge in [0.1, 0.15) is 11.0 Å². The number of hydrogen-bond donors (Lipinski definition) is 1. The number of ketones is 1. The third-order valence-corrected chi connectivity index (χ3v) is 13.2. The quantitative estimate of drug-likeness (QED) is 0.117. The summed E-state index contributed by atoms with van der Waals surface area (Å²) in [5.41, 5.74) is 4.75. The molecule has 0 spiro atoms. The lowest BCUT2D eigenvalue weighted by Crippen LogP contribution is -2.25. The second-order valence-corrected chi connectivity index (χ2v) is 16.3. The number of nitrogens with zero attached hydrogens (tertiary/aromatic N) is 2. The van der Waals surface area contributed by atoms with E-state index in [9.17, 15) is 14.7 Å². The van der Waals surface area contributed by atoms with Crippen molar-refractivity contribution in [3.05, 3.63) is 137 Å². The molecule has 5 aromatic carbocycles. The molecule has 9 heteroatoms. The molecule has 0 saturated heterocycles. The maximum Gasteiger partial charge on any atom is 0.312 e. The lowest BCUT2D eigenvalue weighted by atomic mass is 9.79. The number of carbonyl (C=O) groups is 2. The summed E-state index contributed by atoms with van der Waals surface area (Å²) in [6.07, 6.45) is 4.02. The zero-order chi connectivity index (χ0) is 37.2. The first-order chi connectivity index (χ1) is 25.5. The van der Waals surface area contributed by atoms with Gasteiger partial charge >= 0.3 is 5.97 Å². The average molecular weight is 741 g/mol. The van der Waals surface area contributed by atoms with Gasteiger partial charge in [0.05, 0.1) is 22.8 Å². The summed E-state index contributed by atoms with van der Waals surface area (Å²) in [6.45, 7) is 7.39. The molecule has 1 N–H and O–H groups in total. The predicted molar refractivity (Wildman–Crippen MR) is 213 cm³/mol. The fraction of sp³-hybridized carbons (Fsp3) is 0.205. The van der Waals surface area contributed by atoms with Crippen molar-refractivity contribution in [2.45, 2.75) is 50.7 Å². The standard InChI is InChI=1S/C44H37ClN2O5S/c1-4-31(44(49)50)41-24-29-22-30(45)15-20-40(29)47(41)53(51,52)42(5-2)43-33-10-7-6-9-27(33)23-39(46-43)38-12-8-11-34-36-17-14-28-21-26(25(3)48)13-16-32(28)35(36)18-19-37(34)38/h5-12,14-15,17-20,22-24,26,31,42H,2,4,13,16,21H2,1,3H3,(H,49,50). The highest BCUT2D eigenvalue weighted by Gasteiger charge is 2.36. The highest BCUT2D eigenvalue weighted by molar-refractivity contribution is 7.90. The zero-order valence-corrected chi connectivity index (χ0v) is 30.9. The molecule has 7 nitrogen and oxygen atoms in total. The van der Waals surface area contributed by atoms with Crippen LogP contribution in [0.3, 0.4) is 0 Å². The van der Waals surface area contributed by atoms with Gasteiger partial charge in [-0.2, -0.15) is 0 Å². The van der Waals surface area contributed by atoms with Gasteiger partial charge in [0.25, 0.3) is 10.0 Å². The van der Waals surface area contributed by atoms with Gasteiger partial charge in [-0.3, -0.25) is 14.6 Å². The van der Waals surface area contributed by atoms with Crippen LogP contribution in [0.25, 0.3) is 54.5 Å². The van der Waals surface area contributed by atoms with E-state index in [-0.39, 0.29) is 23.8 Å². The first-order valence-electron chi connectivity index (χ1n) is 17.8. The molecule has 0 bridgehead atoms. The van der Waals surface area contributed by atoms with E-state index in [2.05, 4.69) is 36.9 Å². The fourth-order valence-electron chi connectivity index (χ4n) is 8.31. The monoisotopic (exact) mass is 740 g/mol. The normalized spacial score (nSPS) is 15.8. The van der Waals surface area contributed by atoms with Gasteiger partial charge in [0.2, 0.25) is 0 Å². The summed E-state index contributed by atoms with van der Waals surface area (Å²) >= 11 is 6.31. The maximum atomic E-state index is 15.0. The van der Waals surface area contributed by atoms with E-state index >= 15 is 8.42 Å². The number of aliphatic carboxylic acids is 1. The Bertz CT molecular complexity index is 2790. The molecule has 1 aliphatic rings. The zero-order valence-electron chi connectivity index (χ0n) is 29.3. The number of carbonyl (C=O) groups excluding carboxylic acids is 1. The number of fused-ring (bicyclic) bond motifs is 7.